The maximum Gasteiger partial charge on any atom is 0.127 e. The molecule has 0 atom stereocenters. The summed E-state index contributed by atoms with van der Waals surface area (Å²) in [7, 11) is 0. The summed E-state index contributed by atoms with van der Waals surface area (Å²) in [5, 5.41) is 0. The summed E-state index contributed by atoms with van der Waals surface area (Å²) < 4.78 is 12.4. The molecule has 0 aliphatic heterocycles. The van der Waals surface area contributed by atoms with Crippen LogP contribution in [0.2, 0.25) is 0 Å². The Bertz CT molecular complexity index is 830. The maximum absolute atomic E-state index is 6.22. The van der Waals surface area contributed by atoms with E-state index < -0.39 is 0 Å². The second-order valence-corrected chi connectivity index (χ2v) is 16.1. The van der Waals surface area contributed by atoms with Gasteiger partial charge in [0.1, 0.15) is 11.5 Å². The smallest absolute Gasteiger partial charge is 0.127 e. The molecular weight excluding hydrogens is 633 g/mol. The van der Waals surface area contributed by atoms with Crippen LogP contribution < -0.4 is 9.47 Å². The van der Waals surface area contributed by atoms with E-state index in [1.54, 1.807) is 0 Å². The molecule has 0 amide bonds. The van der Waals surface area contributed by atoms with Crippen molar-refractivity contribution < 1.29 is 9.47 Å². The van der Waals surface area contributed by atoms with E-state index in [1.165, 1.54) is 218 Å². The van der Waals surface area contributed by atoms with Crippen LogP contribution in [-0.2, 0) is 0 Å². The van der Waals surface area contributed by atoms with E-state index in [-0.39, 0.29) is 0 Å². The SMILES string of the molecule is C=Cc1cc(OCCCCCCCCCCCCCCCCCCCC)c(C=C)cc1OCCCCCCCCCCCCCCCCCCCC. The zero-order valence-corrected chi connectivity index (χ0v) is 35.4. The topological polar surface area (TPSA) is 18.5 Å². The Hall–Kier alpha value is -1.70. The minimum Gasteiger partial charge on any atom is -0.493 e. The molecule has 2 heteroatoms. The highest BCUT2D eigenvalue weighted by Crippen LogP contribution is 2.31. The molecule has 0 bridgehead atoms. The molecular formula is C50H90O2. The summed E-state index contributed by atoms with van der Waals surface area (Å²) >= 11 is 0. The van der Waals surface area contributed by atoms with Gasteiger partial charge in [-0.15, -0.1) is 0 Å². The highest BCUT2D eigenvalue weighted by molar-refractivity contribution is 5.66. The summed E-state index contributed by atoms with van der Waals surface area (Å²) in [6.07, 6.45) is 54.0. The standard InChI is InChI=1S/C50H90O2/c1-5-9-11-13-15-17-19-21-23-25-27-29-31-33-35-37-39-41-43-51-49-45-48(8-4)50(46-47(49)7-3)52-44-42-40-38-36-34-32-30-28-26-24-22-20-18-16-14-12-10-6-2/h7-8,45-46H,3-6,9-44H2,1-2H3. The monoisotopic (exact) mass is 723 g/mol. The predicted molar refractivity (Wildman–Crippen MR) is 235 cm³/mol. The molecule has 2 nitrogen and oxygen atoms in total. The van der Waals surface area contributed by atoms with Crippen molar-refractivity contribution in [2.75, 3.05) is 13.2 Å². The van der Waals surface area contributed by atoms with Crippen molar-refractivity contribution in [3.05, 3.63) is 36.4 Å². The van der Waals surface area contributed by atoms with Gasteiger partial charge in [-0.05, 0) is 25.0 Å². The summed E-state index contributed by atoms with van der Waals surface area (Å²) in [6.45, 7) is 14.2. The van der Waals surface area contributed by atoms with Crippen molar-refractivity contribution in [1.82, 2.24) is 0 Å². The average Bonchev–Trinajstić information content (AvgIpc) is 3.16. The zero-order chi connectivity index (χ0) is 37.4. The molecule has 0 heterocycles. The van der Waals surface area contributed by atoms with Crippen LogP contribution in [0, 0.1) is 0 Å². The Balaban J connectivity index is 2.01. The van der Waals surface area contributed by atoms with Gasteiger partial charge < -0.3 is 9.47 Å². The van der Waals surface area contributed by atoms with Crippen molar-refractivity contribution in [2.24, 2.45) is 0 Å². The van der Waals surface area contributed by atoms with E-state index in [2.05, 4.69) is 39.1 Å². The minimum atomic E-state index is 0.760. The van der Waals surface area contributed by atoms with E-state index in [0.717, 1.165) is 48.7 Å². The summed E-state index contributed by atoms with van der Waals surface area (Å²) in [5.74, 6) is 1.80. The zero-order valence-electron chi connectivity index (χ0n) is 35.4. The van der Waals surface area contributed by atoms with Gasteiger partial charge >= 0.3 is 0 Å². The highest BCUT2D eigenvalue weighted by atomic mass is 16.5. The van der Waals surface area contributed by atoms with Crippen molar-refractivity contribution in [1.29, 1.82) is 0 Å². The third-order valence-electron chi connectivity index (χ3n) is 11.1. The number of ether oxygens (including phenoxy) is 2. The third-order valence-corrected chi connectivity index (χ3v) is 11.1. The van der Waals surface area contributed by atoms with E-state index in [9.17, 15) is 0 Å². The normalized spacial score (nSPS) is 11.3. The second kappa shape index (κ2) is 39.0. The summed E-state index contributed by atoms with van der Waals surface area (Å²) in [5.41, 5.74) is 2.03. The molecule has 0 unspecified atom stereocenters. The Morgan fingerprint density at radius 2 is 0.519 bits per heavy atom. The maximum atomic E-state index is 6.22. The Kier molecular flexibility index (Phi) is 36.2. The van der Waals surface area contributed by atoms with Crippen LogP contribution in [0.3, 0.4) is 0 Å². The molecule has 0 aromatic heterocycles. The van der Waals surface area contributed by atoms with Gasteiger partial charge in [-0.3, -0.25) is 0 Å². The summed E-state index contributed by atoms with van der Waals surface area (Å²) in [6, 6.07) is 4.17. The second-order valence-electron chi connectivity index (χ2n) is 16.1. The van der Waals surface area contributed by atoms with Gasteiger partial charge in [0, 0.05) is 11.1 Å². The first-order chi connectivity index (χ1) is 25.8. The highest BCUT2D eigenvalue weighted by Gasteiger charge is 2.09. The Morgan fingerprint density at radius 3 is 0.712 bits per heavy atom. The lowest BCUT2D eigenvalue weighted by molar-refractivity contribution is 0.295. The first-order valence-electron chi connectivity index (χ1n) is 23.4. The molecule has 302 valence electrons. The van der Waals surface area contributed by atoms with Gasteiger partial charge in [0.25, 0.3) is 0 Å². The molecule has 0 aliphatic rings. The van der Waals surface area contributed by atoms with Crippen LogP contribution >= 0.6 is 0 Å². The third kappa shape index (κ3) is 29.7. The van der Waals surface area contributed by atoms with E-state index in [1.807, 2.05) is 12.2 Å². The molecule has 0 spiro atoms. The number of hydrogen-bond donors (Lipinski definition) is 0. The van der Waals surface area contributed by atoms with Crippen LogP contribution in [0.25, 0.3) is 12.2 Å². The van der Waals surface area contributed by atoms with E-state index >= 15 is 0 Å². The van der Waals surface area contributed by atoms with Gasteiger partial charge in [-0.1, -0.05) is 257 Å². The fraction of sp³-hybridized carbons (Fsp3) is 0.800. The quantitative estimate of drug-likeness (QED) is 0.0626. The van der Waals surface area contributed by atoms with Gasteiger partial charge in [0.15, 0.2) is 0 Å². The van der Waals surface area contributed by atoms with E-state index in [0.29, 0.717) is 0 Å². The lowest BCUT2D eigenvalue weighted by atomic mass is 10.0. The summed E-state index contributed by atoms with van der Waals surface area (Å²) in [4.78, 5) is 0. The number of hydrogen-bond acceptors (Lipinski definition) is 2. The fourth-order valence-corrected chi connectivity index (χ4v) is 7.53. The van der Waals surface area contributed by atoms with Crippen LogP contribution in [0.1, 0.15) is 256 Å². The van der Waals surface area contributed by atoms with Crippen molar-refractivity contribution in [3.8, 4) is 11.5 Å². The average molecular weight is 723 g/mol. The van der Waals surface area contributed by atoms with Crippen LogP contribution in [0.4, 0.5) is 0 Å². The largest absolute Gasteiger partial charge is 0.493 e. The predicted octanol–water partition coefficient (Wildman–Crippen LogP) is 17.8. The van der Waals surface area contributed by atoms with Gasteiger partial charge in [-0.25, -0.2) is 0 Å². The molecule has 52 heavy (non-hydrogen) atoms. The van der Waals surface area contributed by atoms with Crippen molar-refractivity contribution >= 4 is 12.2 Å². The fourth-order valence-electron chi connectivity index (χ4n) is 7.53. The molecule has 1 aromatic carbocycles. The minimum absolute atomic E-state index is 0.760. The molecule has 0 saturated heterocycles. The van der Waals surface area contributed by atoms with Gasteiger partial charge in [0.05, 0.1) is 13.2 Å². The number of rotatable bonds is 42. The lowest BCUT2D eigenvalue weighted by Gasteiger charge is -2.15. The molecule has 1 aromatic rings. The van der Waals surface area contributed by atoms with Crippen LogP contribution in [0.5, 0.6) is 11.5 Å². The molecule has 0 fully saturated rings. The molecule has 0 saturated carbocycles. The molecule has 1 rings (SSSR count). The number of benzene rings is 1. The molecule has 0 radical (unpaired) electrons. The lowest BCUT2D eigenvalue weighted by Crippen LogP contribution is -2.02. The first-order valence-corrected chi connectivity index (χ1v) is 23.4. The van der Waals surface area contributed by atoms with Gasteiger partial charge in [-0.2, -0.15) is 0 Å². The van der Waals surface area contributed by atoms with Crippen LogP contribution in [-0.4, -0.2) is 13.2 Å². The Labute approximate surface area is 326 Å². The van der Waals surface area contributed by atoms with Crippen LogP contribution in [0.15, 0.2) is 25.3 Å². The molecule has 0 aliphatic carbocycles. The number of unbranched alkanes of at least 4 members (excludes halogenated alkanes) is 34. The van der Waals surface area contributed by atoms with Crippen molar-refractivity contribution in [2.45, 2.75) is 245 Å². The van der Waals surface area contributed by atoms with E-state index in [4.69, 9.17) is 9.47 Å². The van der Waals surface area contributed by atoms with Crippen molar-refractivity contribution in [3.63, 3.8) is 0 Å². The molecule has 0 N–H and O–H groups in total. The Morgan fingerprint density at radius 1 is 0.327 bits per heavy atom. The van der Waals surface area contributed by atoms with Gasteiger partial charge in [0.2, 0.25) is 0 Å². The first kappa shape index (κ1) is 48.3.